The smallest absolute Gasteiger partial charge is 0.416 e. The van der Waals surface area contributed by atoms with Gasteiger partial charge in [-0.15, -0.1) is 0 Å². The van der Waals surface area contributed by atoms with Crippen molar-refractivity contribution < 1.29 is 28.6 Å². The normalized spacial score (nSPS) is 13.9. The molecule has 0 aromatic heterocycles. The lowest BCUT2D eigenvalue weighted by atomic mass is 9.90. The Bertz CT molecular complexity index is 968. The van der Waals surface area contributed by atoms with Crippen LogP contribution >= 0.6 is 0 Å². The van der Waals surface area contributed by atoms with Crippen LogP contribution in [0.2, 0.25) is 0 Å². The van der Waals surface area contributed by atoms with Crippen LogP contribution in [0.4, 0.5) is 4.79 Å². The number of unbranched alkanes of at least 4 members (excludes halogenated alkanes) is 5. The molecule has 2 amide bonds. The number of methoxy groups -OCH3 is 2. The molecule has 0 spiro atoms. The van der Waals surface area contributed by atoms with E-state index in [0.717, 1.165) is 44.1 Å². The Balaban J connectivity index is 1.52. The maximum Gasteiger partial charge on any atom is 0.416 e. The van der Waals surface area contributed by atoms with E-state index in [1.165, 1.54) is 4.90 Å². The number of nitrogens with zero attached hydrogens (tertiary/aromatic N) is 1. The summed E-state index contributed by atoms with van der Waals surface area (Å²) in [6.45, 7) is 0.473. The molecule has 0 bridgehead atoms. The summed E-state index contributed by atoms with van der Waals surface area (Å²) < 4.78 is 16.1. The van der Waals surface area contributed by atoms with Gasteiger partial charge in [-0.2, -0.15) is 0 Å². The first kappa shape index (κ1) is 26.3. The Morgan fingerprint density at radius 2 is 1.51 bits per heavy atom. The van der Waals surface area contributed by atoms with Crippen molar-refractivity contribution in [2.75, 3.05) is 27.4 Å². The molecular weight excluding hydrogens is 446 g/mol. The average molecular weight is 482 g/mol. The fourth-order valence-corrected chi connectivity index (χ4v) is 4.51. The van der Waals surface area contributed by atoms with E-state index >= 15 is 0 Å². The first-order valence-corrected chi connectivity index (χ1v) is 12.3. The summed E-state index contributed by atoms with van der Waals surface area (Å²) in [4.78, 5) is 38.8. The van der Waals surface area contributed by atoms with Gasteiger partial charge in [0.2, 0.25) is 5.91 Å². The van der Waals surface area contributed by atoms with Gasteiger partial charge in [0.25, 0.3) is 0 Å². The fraction of sp³-hybridized carbons (Fsp3) is 0.464. The van der Waals surface area contributed by atoms with Gasteiger partial charge in [-0.1, -0.05) is 68.5 Å². The molecule has 0 saturated carbocycles. The van der Waals surface area contributed by atoms with E-state index in [1.54, 1.807) is 26.4 Å². The number of Topliss-reactive ketones (excluding diaryl/α,β-unsaturated/α-hetero) is 1. The van der Waals surface area contributed by atoms with E-state index in [4.69, 9.17) is 14.2 Å². The highest BCUT2D eigenvalue weighted by Gasteiger charge is 2.36. The lowest BCUT2D eigenvalue weighted by molar-refractivity contribution is -0.129. The van der Waals surface area contributed by atoms with Gasteiger partial charge in [0.05, 0.1) is 26.7 Å². The van der Waals surface area contributed by atoms with Gasteiger partial charge in [0.15, 0.2) is 5.78 Å². The van der Waals surface area contributed by atoms with Gasteiger partial charge >= 0.3 is 6.09 Å². The standard InChI is InChI=1S/C28H35NO6/c1-33-24-17-12-18-25(34-2)26(24)22(27(31)29-19-20-35-28(29)32)15-10-5-3-4-6-11-16-23(30)21-13-8-7-9-14-21/h7-9,12-14,17-18,22H,3-6,10-11,15-16,19-20H2,1-2H3. The summed E-state index contributed by atoms with van der Waals surface area (Å²) in [6.07, 6.45) is 6.27. The second-order valence-corrected chi connectivity index (χ2v) is 8.68. The molecule has 3 rings (SSSR count). The van der Waals surface area contributed by atoms with Crippen LogP contribution in [0.3, 0.4) is 0 Å². The Labute approximate surface area is 207 Å². The van der Waals surface area contributed by atoms with Crippen LogP contribution in [0.25, 0.3) is 0 Å². The lowest BCUT2D eigenvalue weighted by Gasteiger charge is -2.24. The average Bonchev–Trinajstić information content (AvgIpc) is 3.33. The van der Waals surface area contributed by atoms with E-state index in [0.29, 0.717) is 29.9 Å². The monoisotopic (exact) mass is 481 g/mol. The largest absolute Gasteiger partial charge is 0.496 e. The number of carbonyl (C=O) groups is 3. The second kappa shape index (κ2) is 13.5. The number of imide groups is 1. The van der Waals surface area contributed by atoms with Gasteiger partial charge in [-0.05, 0) is 25.0 Å². The minimum atomic E-state index is -0.598. The molecule has 1 saturated heterocycles. The molecule has 0 N–H and O–H groups in total. The molecule has 1 unspecified atom stereocenters. The van der Waals surface area contributed by atoms with Crippen LogP contribution in [0.15, 0.2) is 48.5 Å². The highest BCUT2D eigenvalue weighted by molar-refractivity contribution is 5.97. The molecule has 1 heterocycles. The number of amides is 2. The van der Waals surface area contributed by atoms with Crippen molar-refractivity contribution in [3.63, 3.8) is 0 Å². The number of ketones is 1. The molecule has 7 nitrogen and oxygen atoms in total. The van der Waals surface area contributed by atoms with Gasteiger partial charge < -0.3 is 14.2 Å². The van der Waals surface area contributed by atoms with E-state index in [1.807, 2.05) is 36.4 Å². The van der Waals surface area contributed by atoms with Crippen LogP contribution in [0.5, 0.6) is 11.5 Å². The molecule has 1 aliphatic heterocycles. The summed E-state index contributed by atoms with van der Waals surface area (Å²) in [5, 5.41) is 0. The fourth-order valence-electron chi connectivity index (χ4n) is 4.51. The van der Waals surface area contributed by atoms with E-state index in [9.17, 15) is 14.4 Å². The first-order chi connectivity index (χ1) is 17.1. The molecule has 1 aliphatic rings. The van der Waals surface area contributed by atoms with Crippen molar-refractivity contribution in [1.29, 1.82) is 0 Å². The van der Waals surface area contributed by atoms with Crippen molar-refractivity contribution in [2.45, 2.75) is 57.3 Å². The quantitative estimate of drug-likeness (QED) is 0.252. The number of hydrogen-bond donors (Lipinski definition) is 0. The number of carbonyl (C=O) groups excluding carboxylic acids is 3. The summed E-state index contributed by atoms with van der Waals surface area (Å²) in [5.41, 5.74) is 1.44. The SMILES string of the molecule is COc1cccc(OC)c1C(CCCCCCCCC(=O)c1ccccc1)C(=O)N1CCOC1=O. The number of benzene rings is 2. The highest BCUT2D eigenvalue weighted by atomic mass is 16.6. The molecule has 2 aromatic carbocycles. The van der Waals surface area contributed by atoms with Crippen LogP contribution in [-0.4, -0.2) is 50.1 Å². The van der Waals surface area contributed by atoms with E-state index in [2.05, 4.69) is 0 Å². The molecule has 1 fully saturated rings. The third kappa shape index (κ3) is 7.07. The summed E-state index contributed by atoms with van der Waals surface area (Å²) >= 11 is 0. The zero-order chi connectivity index (χ0) is 25.0. The van der Waals surface area contributed by atoms with Crippen LogP contribution < -0.4 is 9.47 Å². The molecular formula is C28H35NO6. The minimum Gasteiger partial charge on any atom is -0.496 e. The third-order valence-corrected chi connectivity index (χ3v) is 6.38. The van der Waals surface area contributed by atoms with Gasteiger partial charge in [-0.25, -0.2) is 9.69 Å². The zero-order valence-corrected chi connectivity index (χ0v) is 20.7. The minimum absolute atomic E-state index is 0.193. The van der Waals surface area contributed by atoms with Crippen LogP contribution in [0, 0.1) is 0 Å². The maximum absolute atomic E-state index is 13.4. The topological polar surface area (TPSA) is 82.1 Å². The molecule has 1 atom stereocenters. The van der Waals surface area contributed by atoms with Crippen LogP contribution in [0.1, 0.15) is 73.2 Å². The highest BCUT2D eigenvalue weighted by Crippen LogP contribution is 2.39. The van der Waals surface area contributed by atoms with Gasteiger partial charge in [0, 0.05) is 17.5 Å². The second-order valence-electron chi connectivity index (χ2n) is 8.68. The van der Waals surface area contributed by atoms with E-state index < -0.39 is 12.0 Å². The molecule has 2 aromatic rings. The molecule has 7 heteroatoms. The van der Waals surface area contributed by atoms with Crippen molar-refractivity contribution in [3.8, 4) is 11.5 Å². The molecule has 0 aliphatic carbocycles. The maximum atomic E-state index is 13.4. The first-order valence-electron chi connectivity index (χ1n) is 12.3. The van der Waals surface area contributed by atoms with Crippen molar-refractivity contribution in [3.05, 3.63) is 59.7 Å². The predicted octanol–water partition coefficient (Wildman–Crippen LogP) is 5.77. The zero-order valence-electron chi connectivity index (χ0n) is 20.7. The predicted molar refractivity (Wildman–Crippen MR) is 133 cm³/mol. The van der Waals surface area contributed by atoms with Crippen LogP contribution in [-0.2, 0) is 9.53 Å². The lowest BCUT2D eigenvalue weighted by Crippen LogP contribution is -2.36. The van der Waals surface area contributed by atoms with Crippen molar-refractivity contribution in [2.24, 2.45) is 0 Å². The summed E-state index contributed by atoms with van der Waals surface area (Å²) in [7, 11) is 3.12. The van der Waals surface area contributed by atoms with E-state index in [-0.39, 0.29) is 24.8 Å². The number of cyclic esters (lactones) is 1. The Hall–Kier alpha value is -3.35. The number of rotatable bonds is 14. The Morgan fingerprint density at radius 3 is 2.11 bits per heavy atom. The number of hydrogen-bond acceptors (Lipinski definition) is 6. The third-order valence-electron chi connectivity index (χ3n) is 6.38. The molecule has 0 radical (unpaired) electrons. The number of ether oxygens (including phenoxy) is 3. The Morgan fingerprint density at radius 1 is 0.886 bits per heavy atom. The molecule has 188 valence electrons. The molecule has 35 heavy (non-hydrogen) atoms. The Kier molecular flexibility index (Phi) is 10.1. The summed E-state index contributed by atoms with van der Waals surface area (Å²) in [5.74, 6) is 0.486. The van der Waals surface area contributed by atoms with Gasteiger partial charge in [-0.3, -0.25) is 9.59 Å². The van der Waals surface area contributed by atoms with Crippen molar-refractivity contribution >= 4 is 17.8 Å². The summed E-state index contributed by atoms with van der Waals surface area (Å²) in [6, 6.07) is 14.8. The van der Waals surface area contributed by atoms with Gasteiger partial charge in [0.1, 0.15) is 18.1 Å². The van der Waals surface area contributed by atoms with Crippen molar-refractivity contribution in [1.82, 2.24) is 4.90 Å².